The molecule has 0 aromatic heterocycles. The predicted octanol–water partition coefficient (Wildman–Crippen LogP) is 3.63. The van der Waals surface area contributed by atoms with E-state index < -0.39 is 5.97 Å². The second kappa shape index (κ2) is 8.15. The molecule has 0 saturated carbocycles. The molecule has 0 aliphatic rings. The summed E-state index contributed by atoms with van der Waals surface area (Å²) in [5.74, 6) is -1.32. The lowest BCUT2D eigenvalue weighted by Gasteiger charge is -2.19. The van der Waals surface area contributed by atoms with E-state index in [1.165, 1.54) is 12.1 Å². The van der Waals surface area contributed by atoms with Crippen LogP contribution in [0.3, 0.4) is 0 Å². The van der Waals surface area contributed by atoms with E-state index in [4.69, 9.17) is 5.11 Å². The lowest BCUT2D eigenvalue weighted by molar-refractivity contribution is 0.0693. The Balaban J connectivity index is 2.01. The lowest BCUT2D eigenvalue weighted by atomic mass is 10.1. The van der Waals surface area contributed by atoms with Crippen LogP contribution in [-0.2, 0) is 6.54 Å². The average Bonchev–Trinajstić information content (AvgIpc) is 2.56. The number of carbonyl (C=O) groups is 1. The number of nitrogens with zero attached hydrogens (tertiary/aromatic N) is 1. The first kappa shape index (κ1) is 16.8. The van der Waals surface area contributed by atoms with Gasteiger partial charge in [-0.25, -0.2) is 4.79 Å². The van der Waals surface area contributed by atoms with Gasteiger partial charge in [-0.3, -0.25) is 4.90 Å². The molecule has 0 aliphatic heterocycles. The van der Waals surface area contributed by atoms with E-state index in [2.05, 4.69) is 24.0 Å². The third-order valence-corrected chi connectivity index (χ3v) is 3.62. The molecule has 4 nitrogen and oxygen atoms in total. The van der Waals surface area contributed by atoms with Crippen LogP contribution in [0, 0.1) is 0 Å². The SMILES string of the molecule is CCN(C/C=C/c1ccccc1)Cc1ccc(O)c(C(=O)O)c1. The monoisotopic (exact) mass is 311 g/mol. The molecule has 120 valence electrons. The molecule has 0 atom stereocenters. The van der Waals surface area contributed by atoms with Crippen molar-refractivity contribution in [3.63, 3.8) is 0 Å². The lowest BCUT2D eigenvalue weighted by Crippen LogP contribution is -2.23. The van der Waals surface area contributed by atoms with Crippen LogP contribution in [0.1, 0.15) is 28.4 Å². The minimum atomic E-state index is -1.11. The van der Waals surface area contributed by atoms with Gasteiger partial charge in [0, 0.05) is 13.1 Å². The molecule has 0 radical (unpaired) electrons. The predicted molar refractivity (Wildman–Crippen MR) is 91.5 cm³/mol. The van der Waals surface area contributed by atoms with E-state index in [1.807, 2.05) is 30.3 Å². The van der Waals surface area contributed by atoms with Gasteiger partial charge in [-0.1, -0.05) is 55.5 Å². The van der Waals surface area contributed by atoms with Gasteiger partial charge >= 0.3 is 5.97 Å². The van der Waals surface area contributed by atoms with E-state index in [0.29, 0.717) is 6.54 Å². The highest BCUT2D eigenvalue weighted by atomic mass is 16.4. The van der Waals surface area contributed by atoms with Crippen molar-refractivity contribution in [3.8, 4) is 5.75 Å². The fourth-order valence-electron chi connectivity index (χ4n) is 2.32. The maximum atomic E-state index is 11.1. The number of phenols is 1. The third kappa shape index (κ3) is 4.97. The van der Waals surface area contributed by atoms with Gasteiger partial charge in [-0.15, -0.1) is 0 Å². The van der Waals surface area contributed by atoms with Crippen LogP contribution in [0.5, 0.6) is 5.75 Å². The standard InChI is InChI=1S/C19H21NO3/c1-2-20(12-6-9-15-7-4-3-5-8-15)14-16-10-11-18(21)17(13-16)19(22)23/h3-11,13,21H,2,12,14H2,1H3,(H,22,23)/b9-6+. The van der Waals surface area contributed by atoms with E-state index in [9.17, 15) is 9.90 Å². The van der Waals surface area contributed by atoms with Crippen molar-refractivity contribution in [1.29, 1.82) is 0 Å². The summed E-state index contributed by atoms with van der Waals surface area (Å²) in [6.07, 6.45) is 4.17. The summed E-state index contributed by atoms with van der Waals surface area (Å²) in [5, 5.41) is 18.6. The molecule has 0 aliphatic carbocycles. The van der Waals surface area contributed by atoms with Gasteiger partial charge in [0.15, 0.2) is 0 Å². The van der Waals surface area contributed by atoms with Crippen molar-refractivity contribution in [1.82, 2.24) is 4.90 Å². The van der Waals surface area contributed by atoms with E-state index in [-0.39, 0.29) is 11.3 Å². The summed E-state index contributed by atoms with van der Waals surface area (Å²) in [6, 6.07) is 14.8. The number of hydrogen-bond donors (Lipinski definition) is 2. The maximum Gasteiger partial charge on any atom is 0.339 e. The maximum absolute atomic E-state index is 11.1. The van der Waals surface area contributed by atoms with E-state index >= 15 is 0 Å². The Hall–Kier alpha value is -2.59. The van der Waals surface area contributed by atoms with Crippen LogP contribution in [0.25, 0.3) is 6.08 Å². The number of benzene rings is 2. The summed E-state index contributed by atoms with van der Waals surface area (Å²) in [7, 11) is 0. The number of carboxylic acid groups (broad SMARTS) is 1. The Morgan fingerprint density at radius 2 is 1.91 bits per heavy atom. The minimum absolute atomic E-state index is 0.0571. The van der Waals surface area contributed by atoms with Crippen LogP contribution in [-0.4, -0.2) is 34.2 Å². The van der Waals surface area contributed by atoms with Gasteiger partial charge in [0.1, 0.15) is 11.3 Å². The zero-order chi connectivity index (χ0) is 16.7. The smallest absolute Gasteiger partial charge is 0.339 e. The number of likely N-dealkylation sites (N-methyl/N-ethyl adjacent to an activating group) is 1. The quantitative estimate of drug-likeness (QED) is 0.820. The van der Waals surface area contributed by atoms with Gasteiger partial charge in [-0.2, -0.15) is 0 Å². The molecule has 0 saturated heterocycles. The van der Waals surface area contributed by atoms with Gasteiger partial charge < -0.3 is 10.2 Å². The summed E-state index contributed by atoms with van der Waals surface area (Å²) < 4.78 is 0. The summed E-state index contributed by atoms with van der Waals surface area (Å²) in [5.41, 5.74) is 1.97. The zero-order valence-corrected chi connectivity index (χ0v) is 13.1. The summed E-state index contributed by atoms with van der Waals surface area (Å²) in [6.45, 7) is 4.32. The first-order valence-corrected chi connectivity index (χ1v) is 7.59. The molecule has 2 aromatic carbocycles. The zero-order valence-electron chi connectivity index (χ0n) is 13.1. The van der Waals surface area contributed by atoms with E-state index in [0.717, 1.165) is 24.2 Å². The Morgan fingerprint density at radius 1 is 1.17 bits per heavy atom. The van der Waals surface area contributed by atoms with Crippen molar-refractivity contribution in [2.45, 2.75) is 13.5 Å². The highest BCUT2D eigenvalue weighted by Crippen LogP contribution is 2.19. The first-order valence-electron chi connectivity index (χ1n) is 7.59. The second-order valence-corrected chi connectivity index (χ2v) is 5.30. The number of carboxylic acids is 1. The van der Waals surface area contributed by atoms with Gasteiger partial charge in [0.2, 0.25) is 0 Å². The summed E-state index contributed by atoms with van der Waals surface area (Å²) >= 11 is 0. The molecule has 0 unspecified atom stereocenters. The van der Waals surface area contributed by atoms with Crippen LogP contribution in [0.2, 0.25) is 0 Å². The van der Waals surface area contributed by atoms with Crippen molar-refractivity contribution in [2.24, 2.45) is 0 Å². The van der Waals surface area contributed by atoms with Gasteiger partial charge in [-0.05, 0) is 29.8 Å². The first-order chi connectivity index (χ1) is 11.1. The molecule has 0 heterocycles. The average molecular weight is 311 g/mol. The highest BCUT2D eigenvalue weighted by molar-refractivity contribution is 5.90. The number of aromatic carboxylic acids is 1. The molecule has 2 rings (SSSR count). The Labute approximate surface area is 136 Å². The molecule has 0 spiro atoms. The minimum Gasteiger partial charge on any atom is -0.507 e. The normalized spacial score (nSPS) is 11.2. The number of aromatic hydroxyl groups is 1. The second-order valence-electron chi connectivity index (χ2n) is 5.30. The van der Waals surface area contributed by atoms with Crippen LogP contribution in [0.4, 0.5) is 0 Å². The van der Waals surface area contributed by atoms with Crippen molar-refractivity contribution in [2.75, 3.05) is 13.1 Å². The Bertz CT molecular complexity index is 680. The molecule has 0 bridgehead atoms. The van der Waals surface area contributed by atoms with Gasteiger partial charge in [0.25, 0.3) is 0 Å². The van der Waals surface area contributed by atoms with E-state index in [1.54, 1.807) is 6.07 Å². The van der Waals surface area contributed by atoms with Crippen LogP contribution in [0.15, 0.2) is 54.6 Å². The topological polar surface area (TPSA) is 60.8 Å². The molecule has 4 heteroatoms. The fourth-order valence-corrected chi connectivity index (χ4v) is 2.32. The highest BCUT2D eigenvalue weighted by Gasteiger charge is 2.11. The molecule has 0 amide bonds. The largest absolute Gasteiger partial charge is 0.507 e. The Kier molecular flexibility index (Phi) is 5.94. The molecule has 0 fully saturated rings. The molecule has 2 aromatic rings. The Morgan fingerprint density at radius 3 is 2.57 bits per heavy atom. The molecule has 2 N–H and O–H groups in total. The molecule has 23 heavy (non-hydrogen) atoms. The number of rotatable bonds is 7. The van der Waals surface area contributed by atoms with Crippen molar-refractivity contribution >= 4 is 12.0 Å². The molecular formula is C19H21NO3. The van der Waals surface area contributed by atoms with Crippen molar-refractivity contribution < 1.29 is 15.0 Å². The third-order valence-electron chi connectivity index (χ3n) is 3.62. The molecular weight excluding hydrogens is 290 g/mol. The van der Waals surface area contributed by atoms with Gasteiger partial charge in [0.05, 0.1) is 0 Å². The number of hydrogen-bond acceptors (Lipinski definition) is 3. The summed E-state index contributed by atoms with van der Waals surface area (Å²) in [4.78, 5) is 13.3. The van der Waals surface area contributed by atoms with Crippen LogP contribution >= 0.6 is 0 Å². The van der Waals surface area contributed by atoms with Crippen LogP contribution < -0.4 is 0 Å². The van der Waals surface area contributed by atoms with Crippen molar-refractivity contribution in [3.05, 3.63) is 71.3 Å². The fraction of sp³-hybridized carbons (Fsp3) is 0.211.